The van der Waals surface area contributed by atoms with Crippen molar-refractivity contribution in [2.24, 2.45) is 7.05 Å². The predicted molar refractivity (Wildman–Crippen MR) is 88.7 cm³/mol. The van der Waals surface area contributed by atoms with Gasteiger partial charge in [-0.3, -0.25) is 4.68 Å². The third-order valence-corrected chi connectivity index (χ3v) is 5.20. The van der Waals surface area contributed by atoms with Gasteiger partial charge in [0.2, 0.25) is 0 Å². The predicted octanol–water partition coefficient (Wildman–Crippen LogP) is 3.57. The molecular weight excluding hydrogens is 278 g/mol. The Morgan fingerprint density at radius 3 is 3.05 bits per heavy atom. The second-order valence-corrected chi connectivity index (χ2v) is 7.31. The number of thioether (sulfide) groups is 1. The van der Waals surface area contributed by atoms with Gasteiger partial charge < -0.3 is 5.32 Å². The topological polar surface area (TPSA) is 29.9 Å². The van der Waals surface area contributed by atoms with Crippen LogP contribution in [0, 0.1) is 0 Å². The monoisotopic (exact) mass is 301 g/mol. The van der Waals surface area contributed by atoms with Crippen molar-refractivity contribution < 1.29 is 0 Å². The van der Waals surface area contributed by atoms with Crippen molar-refractivity contribution in [3.63, 3.8) is 0 Å². The van der Waals surface area contributed by atoms with Gasteiger partial charge in [0, 0.05) is 29.4 Å². The number of benzene rings is 1. The first-order valence-corrected chi connectivity index (χ1v) is 8.57. The molecule has 0 radical (unpaired) electrons. The lowest BCUT2D eigenvalue weighted by Crippen LogP contribution is -2.28. The van der Waals surface area contributed by atoms with E-state index in [1.807, 2.05) is 29.7 Å². The lowest BCUT2D eigenvalue weighted by Gasteiger charge is -2.30. The molecule has 2 aromatic rings. The number of fused-ring (bicyclic) bond motifs is 1. The summed E-state index contributed by atoms with van der Waals surface area (Å²) in [6.45, 7) is 3.39. The van der Waals surface area contributed by atoms with Crippen LogP contribution in [0.2, 0.25) is 0 Å². The first-order chi connectivity index (χ1) is 10.2. The van der Waals surface area contributed by atoms with Gasteiger partial charge in [-0.25, -0.2) is 0 Å². The number of nitrogens with one attached hydrogen (secondary N) is 1. The normalized spacial score (nSPS) is 21.2. The van der Waals surface area contributed by atoms with Crippen molar-refractivity contribution in [1.82, 2.24) is 15.1 Å². The fourth-order valence-corrected chi connectivity index (χ4v) is 4.19. The highest BCUT2D eigenvalue weighted by molar-refractivity contribution is 8.00. The summed E-state index contributed by atoms with van der Waals surface area (Å²) < 4.78 is 1.87. The first-order valence-electron chi connectivity index (χ1n) is 7.69. The lowest BCUT2D eigenvalue weighted by molar-refractivity contribution is 0.480. The average molecular weight is 301 g/mol. The average Bonchev–Trinajstić information content (AvgIpc) is 2.89. The molecule has 3 rings (SSSR count). The van der Waals surface area contributed by atoms with Crippen LogP contribution < -0.4 is 5.32 Å². The highest BCUT2D eigenvalue weighted by Crippen LogP contribution is 2.40. The summed E-state index contributed by atoms with van der Waals surface area (Å²) in [4.78, 5) is 1.45. The number of hydrogen-bond acceptors (Lipinski definition) is 3. The quantitative estimate of drug-likeness (QED) is 0.856. The molecule has 0 fully saturated rings. The molecule has 0 spiro atoms. The molecule has 0 amide bonds. The molecule has 112 valence electrons. The number of hydrogen-bond donors (Lipinski definition) is 1. The number of nitrogens with zero attached hydrogens (tertiary/aromatic N) is 2. The molecule has 1 N–H and O–H groups in total. The van der Waals surface area contributed by atoms with Crippen LogP contribution in [0.4, 0.5) is 0 Å². The Bertz CT molecular complexity index is 593. The zero-order valence-electron chi connectivity index (χ0n) is 12.7. The first kappa shape index (κ1) is 14.7. The van der Waals surface area contributed by atoms with E-state index >= 15 is 0 Å². The largest absolute Gasteiger partial charge is 0.310 e. The van der Waals surface area contributed by atoms with Crippen molar-refractivity contribution in [2.75, 3.05) is 6.54 Å². The Labute approximate surface area is 131 Å². The van der Waals surface area contributed by atoms with Crippen LogP contribution in [0.1, 0.15) is 36.9 Å². The van der Waals surface area contributed by atoms with Gasteiger partial charge in [-0.1, -0.05) is 25.1 Å². The van der Waals surface area contributed by atoms with Gasteiger partial charge in [0.05, 0.1) is 6.20 Å². The highest BCUT2D eigenvalue weighted by atomic mass is 32.2. The van der Waals surface area contributed by atoms with E-state index in [9.17, 15) is 0 Å². The van der Waals surface area contributed by atoms with Crippen molar-refractivity contribution in [3.05, 3.63) is 47.8 Å². The highest BCUT2D eigenvalue weighted by Gasteiger charge is 2.24. The maximum atomic E-state index is 4.22. The fraction of sp³-hybridized carbons (Fsp3) is 0.471. The minimum absolute atomic E-state index is 0.506. The van der Waals surface area contributed by atoms with Crippen molar-refractivity contribution in [1.29, 1.82) is 0 Å². The number of aromatic nitrogens is 2. The molecule has 1 aromatic heterocycles. The molecule has 21 heavy (non-hydrogen) atoms. The molecule has 0 saturated heterocycles. The van der Waals surface area contributed by atoms with Crippen LogP contribution in [-0.2, 0) is 13.5 Å². The molecule has 1 aliphatic heterocycles. The smallest absolute Gasteiger partial charge is 0.0521 e. The van der Waals surface area contributed by atoms with Gasteiger partial charge in [0.25, 0.3) is 0 Å². The van der Waals surface area contributed by atoms with E-state index < -0.39 is 0 Å². The molecule has 1 aliphatic rings. The third-order valence-electron chi connectivity index (χ3n) is 3.98. The van der Waals surface area contributed by atoms with E-state index in [0.717, 1.165) is 19.4 Å². The second kappa shape index (κ2) is 6.67. The molecule has 3 nitrogen and oxygen atoms in total. The van der Waals surface area contributed by atoms with Crippen LogP contribution in [0.3, 0.4) is 0 Å². The van der Waals surface area contributed by atoms with Crippen LogP contribution >= 0.6 is 11.8 Å². The third kappa shape index (κ3) is 3.69. The summed E-state index contributed by atoms with van der Waals surface area (Å²) in [6, 6.07) is 9.32. The van der Waals surface area contributed by atoms with Crippen LogP contribution in [0.5, 0.6) is 0 Å². The maximum Gasteiger partial charge on any atom is 0.0521 e. The van der Waals surface area contributed by atoms with Crippen LogP contribution in [-0.4, -0.2) is 21.6 Å². The van der Waals surface area contributed by atoms with Gasteiger partial charge in [0.15, 0.2) is 0 Å². The molecule has 2 atom stereocenters. The molecule has 1 aromatic carbocycles. The van der Waals surface area contributed by atoms with Gasteiger partial charge >= 0.3 is 0 Å². The molecule has 0 unspecified atom stereocenters. The molecule has 0 saturated carbocycles. The van der Waals surface area contributed by atoms with E-state index in [1.54, 1.807) is 0 Å². The zero-order chi connectivity index (χ0) is 14.7. The van der Waals surface area contributed by atoms with E-state index in [2.05, 4.69) is 47.8 Å². The van der Waals surface area contributed by atoms with E-state index in [1.165, 1.54) is 22.4 Å². The molecule has 0 aliphatic carbocycles. The Hall–Kier alpha value is -1.26. The van der Waals surface area contributed by atoms with Gasteiger partial charge in [-0.2, -0.15) is 5.10 Å². The standard InChI is InChI=1S/C17H23N3S/c1-13-10-16(15-7-3-4-8-17(15)21-13)18-9-5-6-14-11-19-20(2)12-14/h3-4,7-8,11-13,16,18H,5-6,9-10H2,1-2H3/t13-,16+/m0/s1. The summed E-state index contributed by atoms with van der Waals surface area (Å²) in [5.41, 5.74) is 2.80. The summed E-state index contributed by atoms with van der Waals surface area (Å²) in [5.74, 6) is 0. The fourth-order valence-electron chi connectivity index (χ4n) is 2.96. The molecule has 4 heteroatoms. The van der Waals surface area contributed by atoms with Crippen molar-refractivity contribution in [2.45, 2.75) is 42.4 Å². The summed E-state index contributed by atoms with van der Waals surface area (Å²) in [5, 5.41) is 8.65. The Morgan fingerprint density at radius 2 is 2.24 bits per heavy atom. The van der Waals surface area contributed by atoms with E-state index in [4.69, 9.17) is 0 Å². The molecular formula is C17H23N3S. The van der Waals surface area contributed by atoms with E-state index in [-0.39, 0.29) is 0 Å². The minimum Gasteiger partial charge on any atom is -0.310 e. The SMILES string of the molecule is C[C@H]1C[C@@H](NCCCc2cnn(C)c2)c2ccccc2S1. The van der Waals surface area contributed by atoms with Gasteiger partial charge in [-0.15, -0.1) is 11.8 Å². The number of rotatable bonds is 5. The minimum atomic E-state index is 0.506. The summed E-state index contributed by atoms with van der Waals surface area (Å²) >= 11 is 2.00. The summed E-state index contributed by atoms with van der Waals surface area (Å²) in [6.07, 6.45) is 7.54. The van der Waals surface area contributed by atoms with Crippen molar-refractivity contribution in [3.8, 4) is 0 Å². The second-order valence-electron chi connectivity index (χ2n) is 5.83. The maximum absolute atomic E-state index is 4.22. The number of aryl methyl sites for hydroxylation is 2. The van der Waals surface area contributed by atoms with Gasteiger partial charge in [0.1, 0.15) is 0 Å². The van der Waals surface area contributed by atoms with Gasteiger partial charge in [-0.05, 0) is 43.0 Å². The Morgan fingerprint density at radius 1 is 1.38 bits per heavy atom. The lowest BCUT2D eigenvalue weighted by atomic mass is 10.0. The zero-order valence-corrected chi connectivity index (χ0v) is 13.6. The van der Waals surface area contributed by atoms with Crippen LogP contribution in [0.25, 0.3) is 0 Å². The van der Waals surface area contributed by atoms with Crippen molar-refractivity contribution >= 4 is 11.8 Å². The van der Waals surface area contributed by atoms with E-state index in [0.29, 0.717) is 11.3 Å². The molecule has 0 bridgehead atoms. The Balaban J connectivity index is 1.53. The van der Waals surface area contributed by atoms with Crippen LogP contribution in [0.15, 0.2) is 41.6 Å². The molecule has 2 heterocycles. The Kier molecular flexibility index (Phi) is 4.66. The summed E-state index contributed by atoms with van der Waals surface area (Å²) in [7, 11) is 1.97.